The highest BCUT2D eigenvalue weighted by Gasteiger charge is 2.25. The van der Waals surface area contributed by atoms with Gasteiger partial charge in [-0.05, 0) is 19.9 Å². The first-order chi connectivity index (χ1) is 7.70. The smallest absolute Gasteiger partial charge is 0.226 e. The van der Waals surface area contributed by atoms with E-state index >= 15 is 0 Å². The lowest BCUT2D eigenvalue weighted by atomic mass is 10.2. The van der Waals surface area contributed by atoms with Crippen molar-refractivity contribution in [2.45, 2.75) is 26.0 Å². The van der Waals surface area contributed by atoms with E-state index in [1.54, 1.807) is 12.3 Å². The van der Waals surface area contributed by atoms with E-state index in [9.17, 15) is 0 Å². The van der Waals surface area contributed by atoms with Gasteiger partial charge < -0.3 is 9.64 Å². The van der Waals surface area contributed by atoms with Crippen LogP contribution in [0.1, 0.15) is 19.5 Å². The lowest BCUT2D eigenvalue weighted by Crippen LogP contribution is -2.48. The molecule has 0 spiro atoms. The second kappa shape index (κ2) is 4.45. The molecule has 0 radical (unpaired) electrons. The third-order valence-electron chi connectivity index (χ3n) is 2.62. The molecule has 0 aliphatic carbocycles. The number of anilines is 1. The summed E-state index contributed by atoms with van der Waals surface area (Å²) < 4.78 is 5.54. The summed E-state index contributed by atoms with van der Waals surface area (Å²) in [7, 11) is 0. The third-order valence-corrected chi connectivity index (χ3v) is 2.62. The molecule has 0 N–H and O–H groups in total. The van der Waals surface area contributed by atoms with E-state index in [4.69, 9.17) is 10.00 Å². The van der Waals surface area contributed by atoms with Gasteiger partial charge in [-0.3, -0.25) is 0 Å². The normalized spacial score (nSPS) is 25.2. The molecule has 2 heterocycles. The third kappa shape index (κ3) is 2.12. The van der Waals surface area contributed by atoms with E-state index in [-0.39, 0.29) is 12.1 Å². The summed E-state index contributed by atoms with van der Waals surface area (Å²) in [5.74, 6) is 0.613. The maximum Gasteiger partial charge on any atom is 0.226 e. The molecule has 2 rings (SSSR count). The minimum atomic E-state index is 0.172. The van der Waals surface area contributed by atoms with Crippen molar-refractivity contribution in [2.75, 3.05) is 18.1 Å². The number of hydrogen-bond acceptors (Lipinski definition) is 5. The number of hydrogen-bond donors (Lipinski definition) is 0. The summed E-state index contributed by atoms with van der Waals surface area (Å²) in [5.41, 5.74) is 0.399. The fourth-order valence-electron chi connectivity index (χ4n) is 1.73. The van der Waals surface area contributed by atoms with E-state index in [2.05, 4.69) is 21.8 Å². The fourth-order valence-corrected chi connectivity index (χ4v) is 1.73. The van der Waals surface area contributed by atoms with Crippen molar-refractivity contribution in [3.05, 3.63) is 18.0 Å². The minimum Gasteiger partial charge on any atom is -0.375 e. The summed E-state index contributed by atoms with van der Waals surface area (Å²) in [4.78, 5) is 10.5. The van der Waals surface area contributed by atoms with Crippen LogP contribution in [0, 0.1) is 11.3 Å². The molecular formula is C11H14N4O. The summed E-state index contributed by atoms with van der Waals surface area (Å²) in [6.45, 7) is 5.51. The van der Waals surface area contributed by atoms with E-state index in [0.29, 0.717) is 18.2 Å². The van der Waals surface area contributed by atoms with E-state index in [0.717, 1.165) is 6.54 Å². The molecule has 2 unspecified atom stereocenters. The molecule has 0 aromatic carbocycles. The van der Waals surface area contributed by atoms with Gasteiger partial charge in [-0.2, -0.15) is 5.26 Å². The summed E-state index contributed by atoms with van der Waals surface area (Å²) >= 11 is 0. The molecule has 1 aliphatic rings. The predicted molar refractivity (Wildman–Crippen MR) is 59.0 cm³/mol. The van der Waals surface area contributed by atoms with Gasteiger partial charge in [0.1, 0.15) is 11.8 Å². The molecule has 2 atom stereocenters. The van der Waals surface area contributed by atoms with Gasteiger partial charge in [-0.25, -0.2) is 9.97 Å². The molecule has 84 valence electrons. The average Bonchev–Trinajstić information content (AvgIpc) is 2.32. The Hall–Kier alpha value is -1.67. The van der Waals surface area contributed by atoms with Crippen molar-refractivity contribution in [1.29, 1.82) is 5.26 Å². The Labute approximate surface area is 94.7 Å². The van der Waals surface area contributed by atoms with Crippen molar-refractivity contribution >= 4 is 5.95 Å². The first-order valence-electron chi connectivity index (χ1n) is 5.32. The largest absolute Gasteiger partial charge is 0.375 e. The molecule has 5 heteroatoms. The number of nitrogens with zero attached hydrogens (tertiary/aromatic N) is 4. The van der Waals surface area contributed by atoms with Gasteiger partial charge in [0.05, 0.1) is 18.8 Å². The first-order valence-corrected chi connectivity index (χ1v) is 5.32. The zero-order valence-corrected chi connectivity index (χ0v) is 9.42. The highest BCUT2D eigenvalue weighted by Crippen LogP contribution is 2.17. The predicted octanol–water partition coefficient (Wildman–Crippen LogP) is 0.962. The molecule has 1 aromatic rings. The number of morpholine rings is 1. The van der Waals surface area contributed by atoms with Crippen LogP contribution in [0.2, 0.25) is 0 Å². The Morgan fingerprint density at radius 1 is 1.56 bits per heavy atom. The Bertz CT molecular complexity index is 415. The standard InChI is InChI=1S/C11H14N4O/c1-8-7-16-9(2)6-15(8)11-13-4-3-10(5-12)14-11/h3-4,8-9H,6-7H2,1-2H3. The van der Waals surface area contributed by atoms with Crippen LogP contribution < -0.4 is 4.90 Å². The van der Waals surface area contributed by atoms with Crippen LogP contribution >= 0.6 is 0 Å². The van der Waals surface area contributed by atoms with Crippen LogP contribution in [-0.4, -0.2) is 35.3 Å². The van der Waals surface area contributed by atoms with Gasteiger partial charge in [0.2, 0.25) is 5.95 Å². The molecule has 1 aliphatic heterocycles. The van der Waals surface area contributed by atoms with E-state index < -0.39 is 0 Å². The minimum absolute atomic E-state index is 0.172. The Morgan fingerprint density at radius 2 is 2.38 bits per heavy atom. The van der Waals surface area contributed by atoms with Crippen LogP contribution in [0.4, 0.5) is 5.95 Å². The first kappa shape index (κ1) is 10.8. The SMILES string of the molecule is CC1CN(c2nccc(C#N)n2)C(C)CO1. The van der Waals surface area contributed by atoms with Gasteiger partial charge in [-0.15, -0.1) is 0 Å². The molecule has 1 aromatic heterocycles. The number of rotatable bonds is 1. The van der Waals surface area contributed by atoms with Gasteiger partial charge in [0, 0.05) is 12.7 Å². The highest BCUT2D eigenvalue weighted by atomic mass is 16.5. The zero-order valence-electron chi connectivity index (χ0n) is 9.42. The molecule has 1 fully saturated rings. The summed E-state index contributed by atoms with van der Waals surface area (Å²) in [5, 5.41) is 8.79. The zero-order chi connectivity index (χ0) is 11.5. The molecule has 5 nitrogen and oxygen atoms in total. The van der Waals surface area contributed by atoms with Crippen molar-refractivity contribution in [2.24, 2.45) is 0 Å². The average molecular weight is 218 g/mol. The lowest BCUT2D eigenvalue weighted by molar-refractivity contribution is 0.0337. The molecule has 1 saturated heterocycles. The lowest BCUT2D eigenvalue weighted by Gasteiger charge is -2.36. The molecule has 0 bridgehead atoms. The maximum absolute atomic E-state index is 8.79. The van der Waals surface area contributed by atoms with E-state index in [1.165, 1.54) is 0 Å². The maximum atomic E-state index is 8.79. The van der Waals surface area contributed by atoms with Crippen molar-refractivity contribution in [3.8, 4) is 6.07 Å². The van der Waals surface area contributed by atoms with Gasteiger partial charge in [-0.1, -0.05) is 0 Å². The summed E-state index contributed by atoms with van der Waals surface area (Å²) in [6, 6.07) is 3.87. The van der Waals surface area contributed by atoms with Gasteiger partial charge in [0.25, 0.3) is 0 Å². The fraction of sp³-hybridized carbons (Fsp3) is 0.545. The quantitative estimate of drug-likeness (QED) is 0.702. The van der Waals surface area contributed by atoms with Crippen LogP contribution in [-0.2, 0) is 4.74 Å². The summed E-state index contributed by atoms with van der Waals surface area (Å²) in [6.07, 6.45) is 1.79. The van der Waals surface area contributed by atoms with Crippen molar-refractivity contribution in [1.82, 2.24) is 9.97 Å². The van der Waals surface area contributed by atoms with Crippen molar-refractivity contribution in [3.63, 3.8) is 0 Å². The van der Waals surface area contributed by atoms with Crippen LogP contribution in [0.25, 0.3) is 0 Å². The van der Waals surface area contributed by atoms with Crippen LogP contribution in [0.3, 0.4) is 0 Å². The number of aromatic nitrogens is 2. The number of ether oxygens (including phenoxy) is 1. The number of nitriles is 1. The monoisotopic (exact) mass is 218 g/mol. The Balaban J connectivity index is 2.25. The molecule has 0 amide bonds. The van der Waals surface area contributed by atoms with Crippen LogP contribution in [0.15, 0.2) is 12.3 Å². The Kier molecular flexibility index (Phi) is 3.02. The molecular weight excluding hydrogens is 204 g/mol. The van der Waals surface area contributed by atoms with Gasteiger partial charge in [0.15, 0.2) is 0 Å². The second-order valence-corrected chi connectivity index (χ2v) is 4.00. The topological polar surface area (TPSA) is 62.0 Å². The van der Waals surface area contributed by atoms with Gasteiger partial charge >= 0.3 is 0 Å². The molecule has 0 saturated carbocycles. The Morgan fingerprint density at radius 3 is 3.12 bits per heavy atom. The molecule has 16 heavy (non-hydrogen) atoms. The second-order valence-electron chi connectivity index (χ2n) is 4.00. The highest BCUT2D eigenvalue weighted by molar-refractivity contribution is 5.35. The van der Waals surface area contributed by atoms with Crippen LogP contribution in [0.5, 0.6) is 0 Å². The van der Waals surface area contributed by atoms with Crippen molar-refractivity contribution < 1.29 is 4.74 Å². The van der Waals surface area contributed by atoms with E-state index in [1.807, 2.05) is 13.0 Å².